The third-order valence-corrected chi connectivity index (χ3v) is 3.69. The summed E-state index contributed by atoms with van der Waals surface area (Å²) in [5.41, 5.74) is 4.27. The van der Waals surface area contributed by atoms with E-state index in [1.807, 2.05) is 12.1 Å². The van der Waals surface area contributed by atoms with E-state index in [2.05, 4.69) is 32.9 Å². The van der Waals surface area contributed by atoms with Gasteiger partial charge in [-0.2, -0.15) is 0 Å². The topological polar surface area (TPSA) is 60.8 Å². The second-order valence-electron chi connectivity index (χ2n) is 6.17. The monoisotopic (exact) mass is 331 g/mol. The zero-order chi connectivity index (χ0) is 17.9. The fourth-order valence-corrected chi connectivity index (χ4v) is 2.41. The lowest BCUT2D eigenvalue weighted by Gasteiger charge is -2.20. The van der Waals surface area contributed by atoms with Crippen LogP contribution in [-0.4, -0.2) is 47.3 Å². The van der Waals surface area contributed by atoms with Crippen LogP contribution in [0.5, 0.6) is 0 Å². The molecule has 0 aromatic heterocycles. The van der Waals surface area contributed by atoms with Crippen LogP contribution >= 0.6 is 0 Å². The van der Waals surface area contributed by atoms with Crippen molar-refractivity contribution in [2.75, 3.05) is 26.3 Å². The lowest BCUT2D eigenvalue weighted by Crippen LogP contribution is -2.35. The van der Waals surface area contributed by atoms with E-state index in [-0.39, 0.29) is 32.2 Å². The molecule has 1 amide bonds. The van der Waals surface area contributed by atoms with E-state index in [0.717, 1.165) is 18.4 Å². The normalized spacial score (nSPS) is 11.3. The van der Waals surface area contributed by atoms with Crippen molar-refractivity contribution < 1.29 is 15.0 Å². The van der Waals surface area contributed by atoms with Crippen LogP contribution < -0.4 is 0 Å². The molecule has 0 atom stereocenters. The molecule has 0 radical (unpaired) electrons. The van der Waals surface area contributed by atoms with Crippen molar-refractivity contribution in [3.63, 3.8) is 0 Å². The van der Waals surface area contributed by atoms with Gasteiger partial charge < -0.3 is 15.1 Å². The Kier molecular flexibility index (Phi) is 9.05. The fourth-order valence-electron chi connectivity index (χ4n) is 2.41. The number of hydrogen-bond acceptors (Lipinski definition) is 3. The zero-order valence-electron chi connectivity index (χ0n) is 15.0. The lowest BCUT2D eigenvalue weighted by molar-refractivity contribution is 0.0685. The van der Waals surface area contributed by atoms with E-state index in [1.165, 1.54) is 16.0 Å². The third-order valence-electron chi connectivity index (χ3n) is 3.69. The first-order chi connectivity index (χ1) is 11.5. The molecule has 2 N–H and O–H groups in total. The number of amides is 1. The Morgan fingerprint density at radius 3 is 2.12 bits per heavy atom. The molecule has 4 heteroatoms. The minimum atomic E-state index is -0.172. The standard InChI is InChI=1S/C20H29NO3/c1-16(2)5-4-6-17(3)15-18-7-9-19(10-8-18)20(24)21(11-13-22)12-14-23/h5,7-10,15,22-23H,4,6,11-14H2,1-3H3. The zero-order valence-corrected chi connectivity index (χ0v) is 15.0. The number of carbonyl (C=O) groups excluding carboxylic acids is 1. The molecular formula is C20H29NO3. The molecule has 1 aromatic rings. The quantitative estimate of drug-likeness (QED) is 0.683. The summed E-state index contributed by atoms with van der Waals surface area (Å²) in [6.45, 7) is 6.54. The Hall–Kier alpha value is -1.91. The Morgan fingerprint density at radius 2 is 1.62 bits per heavy atom. The van der Waals surface area contributed by atoms with Crippen LogP contribution in [0.2, 0.25) is 0 Å². The van der Waals surface area contributed by atoms with E-state index in [9.17, 15) is 4.79 Å². The first-order valence-corrected chi connectivity index (χ1v) is 8.39. The summed E-state index contributed by atoms with van der Waals surface area (Å²) < 4.78 is 0. The minimum Gasteiger partial charge on any atom is -0.395 e. The number of allylic oxidation sites excluding steroid dienone is 3. The average molecular weight is 331 g/mol. The van der Waals surface area contributed by atoms with Crippen molar-refractivity contribution in [2.45, 2.75) is 33.6 Å². The van der Waals surface area contributed by atoms with Gasteiger partial charge in [0.1, 0.15) is 0 Å². The molecular weight excluding hydrogens is 302 g/mol. The van der Waals surface area contributed by atoms with Gasteiger partial charge in [-0.1, -0.05) is 35.4 Å². The molecule has 24 heavy (non-hydrogen) atoms. The van der Waals surface area contributed by atoms with Crippen LogP contribution in [0, 0.1) is 0 Å². The van der Waals surface area contributed by atoms with E-state index in [4.69, 9.17) is 10.2 Å². The van der Waals surface area contributed by atoms with Crippen molar-refractivity contribution >= 4 is 12.0 Å². The molecule has 1 aromatic carbocycles. The van der Waals surface area contributed by atoms with E-state index in [1.54, 1.807) is 12.1 Å². The van der Waals surface area contributed by atoms with Crippen molar-refractivity contribution in [1.82, 2.24) is 4.90 Å². The van der Waals surface area contributed by atoms with E-state index in [0.29, 0.717) is 5.56 Å². The maximum Gasteiger partial charge on any atom is 0.254 e. The summed E-state index contributed by atoms with van der Waals surface area (Å²) in [5.74, 6) is -0.172. The highest BCUT2D eigenvalue weighted by atomic mass is 16.3. The summed E-state index contributed by atoms with van der Waals surface area (Å²) >= 11 is 0. The van der Waals surface area contributed by atoms with E-state index < -0.39 is 0 Å². The van der Waals surface area contributed by atoms with Crippen LogP contribution in [0.1, 0.15) is 49.5 Å². The predicted octanol–water partition coefficient (Wildman–Crippen LogP) is 3.26. The highest BCUT2D eigenvalue weighted by Crippen LogP contribution is 2.14. The van der Waals surface area contributed by atoms with Crippen LogP contribution in [0.4, 0.5) is 0 Å². The number of nitrogens with zero attached hydrogens (tertiary/aromatic N) is 1. The van der Waals surface area contributed by atoms with Crippen molar-refractivity contribution in [3.8, 4) is 0 Å². The van der Waals surface area contributed by atoms with Gasteiger partial charge in [0.05, 0.1) is 13.2 Å². The third kappa shape index (κ3) is 7.11. The van der Waals surface area contributed by atoms with Gasteiger partial charge in [0.25, 0.3) is 5.91 Å². The molecule has 0 saturated carbocycles. The Bertz CT molecular complexity index is 563. The highest BCUT2D eigenvalue weighted by Gasteiger charge is 2.14. The Balaban J connectivity index is 2.73. The number of rotatable bonds is 9. The van der Waals surface area contributed by atoms with Gasteiger partial charge in [-0.3, -0.25) is 4.79 Å². The summed E-state index contributed by atoms with van der Waals surface area (Å²) in [5, 5.41) is 18.0. The van der Waals surface area contributed by atoms with Crippen LogP contribution in [0.3, 0.4) is 0 Å². The number of aliphatic hydroxyl groups is 2. The van der Waals surface area contributed by atoms with Gasteiger partial charge in [-0.25, -0.2) is 0 Å². The lowest BCUT2D eigenvalue weighted by atomic mass is 10.1. The number of benzene rings is 1. The van der Waals surface area contributed by atoms with Crippen molar-refractivity contribution in [3.05, 3.63) is 52.6 Å². The molecule has 0 spiro atoms. The molecule has 0 saturated heterocycles. The Morgan fingerprint density at radius 1 is 1.04 bits per heavy atom. The summed E-state index contributed by atoms with van der Waals surface area (Å²) in [7, 11) is 0. The highest BCUT2D eigenvalue weighted by molar-refractivity contribution is 5.94. The van der Waals surface area contributed by atoms with E-state index >= 15 is 0 Å². The van der Waals surface area contributed by atoms with Gasteiger partial charge in [-0.05, 0) is 51.3 Å². The summed E-state index contributed by atoms with van der Waals surface area (Å²) in [6.07, 6.45) is 6.42. The largest absolute Gasteiger partial charge is 0.395 e. The Labute approximate surface area is 145 Å². The number of carbonyl (C=O) groups is 1. The molecule has 132 valence electrons. The van der Waals surface area contributed by atoms with Crippen LogP contribution in [0.15, 0.2) is 41.5 Å². The van der Waals surface area contributed by atoms with Gasteiger partial charge in [0.15, 0.2) is 0 Å². The molecule has 0 bridgehead atoms. The predicted molar refractivity (Wildman–Crippen MR) is 98.8 cm³/mol. The molecule has 0 aliphatic rings. The van der Waals surface area contributed by atoms with Crippen molar-refractivity contribution in [2.24, 2.45) is 0 Å². The maximum absolute atomic E-state index is 12.3. The molecule has 4 nitrogen and oxygen atoms in total. The summed E-state index contributed by atoms with van der Waals surface area (Å²) in [4.78, 5) is 13.8. The minimum absolute atomic E-state index is 0.114. The first kappa shape index (κ1) is 20.1. The van der Waals surface area contributed by atoms with Crippen LogP contribution in [0.25, 0.3) is 6.08 Å². The first-order valence-electron chi connectivity index (χ1n) is 8.39. The van der Waals surface area contributed by atoms with Crippen LogP contribution in [-0.2, 0) is 0 Å². The molecule has 0 aliphatic carbocycles. The number of aliphatic hydroxyl groups excluding tert-OH is 2. The molecule has 0 heterocycles. The molecule has 0 aliphatic heterocycles. The molecule has 0 fully saturated rings. The molecule has 0 unspecified atom stereocenters. The second-order valence-corrected chi connectivity index (χ2v) is 6.17. The van der Waals surface area contributed by atoms with Gasteiger partial charge in [-0.15, -0.1) is 0 Å². The SMILES string of the molecule is CC(C)=CCCC(C)=Cc1ccc(C(=O)N(CCO)CCO)cc1. The smallest absolute Gasteiger partial charge is 0.254 e. The number of hydrogen-bond donors (Lipinski definition) is 2. The summed E-state index contributed by atoms with van der Waals surface area (Å²) in [6, 6.07) is 7.43. The van der Waals surface area contributed by atoms with Gasteiger partial charge in [0, 0.05) is 18.7 Å². The molecule has 1 rings (SSSR count). The van der Waals surface area contributed by atoms with Gasteiger partial charge in [0.2, 0.25) is 0 Å². The fraction of sp³-hybridized carbons (Fsp3) is 0.450. The average Bonchev–Trinajstić information content (AvgIpc) is 2.54. The van der Waals surface area contributed by atoms with Gasteiger partial charge >= 0.3 is 0 Å². The second kappa shape index (κ2) is 10.8. The maximum atomic E-state index is 12.3. The van der Waals surface area contributed by atoms with Crippen molar-refractivity contribution in [1.29, 1.82) is 0 Å².